The molecule has 1 saturated heterocycles. The molecule has 1 aliphatic heterocycles. The van der Waals surface area contributed by atoms with Gasteiger partial charge < -0.3 is 45.1 Å². The molecule has 1 unspecified atom stereocenters. The number of aliphatic hydroxyl groups excluding tert-OH is 1. The molecule has 2 aromatic carbocycles. The summed E-state index contributed by atoms with van der Waals surface area (Å²) in [6.45, 7) is 2.19. The van der Waals surface area contributed by atoms with Crippen molar-refractivity contribution in [2.24, 2.45) is 11.8 Å². The van der Waals surface area contributed by atoms with Crippen LogP contribution in [0, 0.1) is 17.7 Å². The van der Waals surface area contributed by atoms with Gasteiger partial charge in [-0.15, -0.1) is 0 Å². The van der Waals surface area contributed by atoms with Crippen molar-refractivity contribution in [3.8, 4) is 5.75 Å². The van der Waals surface area contributed by atoms with Crippen molar-refractivity contribution in [1.82, 2.24) is 35.7 Å². The zero-order valence-corrected chi connectivity index (χ0v) is 45.1. The lowest BCUT2D eigenvalue weighted by Crippen LogP contribution is -2.45. The van der Waals surface area contributed by atoms with Crippen LogP contribution in [0.25, 0.3) is 10.2 Å². The minimum atomic E-state index is -4.25. The lowest BCUT2D eigenvalue weighted by atomic mass is 9.85. The lowest BCUT2D eigenvalue weighted by Gasteiger charge is -2.37. The van der Waals surface area contributed by atoms with Crippen molar-refractivity contribution in [2.75, 3.05) is 64.1 Å². The Bertz CT molecular complexity index is 2610. The van der Waals surface area contributed by atoms with Gasteiger partial charge in [0, 0.05) is 75.3 Å². The van der Waals surface area contributed by atoms with E-state index in [1.165, 1.54) is 12.1 Å². The molecule has 3 saturated carbocycles. The summed E-state index contributed by atoms with van der Waals surface area (Å²) in [5, 5.41) is 23.6. The fraction of sp³-hybridized carbons (Fsp3) is 0.611. The van der Waals surface area contributed by atoms with E-state index in [0.29, 0.717) is 73.4 Å². The van der Waals surface area contributed by atoms with Gasteiger partial charge in [-0.05, 0) is 146 Å². The average molecular weight is 1080 g/mol. The van der Waals surface area contributed by atoms with Gasteiger partial charge in [-0.25, -0.2) is 17.8 Å². The van der Waals surface area contributed by atoms with E-state index in [0.717, 1.165) is 100 Å². The number of ether oxygens (including phenoxy) is 3. The molecule has 21 heteroatoms. The highest BCUT2D eigenvalue weighted by Crippen LogP contribution is 2.37. The molecule has 75 heavy (non-hydrogen) atoms. The maximum absolute atomic E-state index is 15.3. The number of aromatic nitrogens is 2. The van der Waals surface area contributed by atoms with Crippen molar-refractivity contribution in [1.29, 1.82) is 0 Å². The van der Waals surface area contributed by atoms with Gasteiger partial charge in [0.2, 0.25) is 17.7 Å². The van der Waals surface area contributed by atoms with E-state index >= 15 is 4.39 Å². The SMILES string of the molecule is CN(C)[C@@H]1CCCC[C@H]1Nc1ccc(S(=O)(=O)Nc2nc3ccc(OCCCNC(=O)C4CCC(NC(O)CCCOC5CCC(OCCNC(=O)[C@H]6CC(=O)N(C)[C@@H]6c6cccnc6)CC5)CC4)cc3s2)c(F)c1. The molecule has 0 bridgehead atoms. The molecule has 3 heterocycles. The fourth-order valence-electron chi connectivity index (χ4n) is 11.2. The molecule has 4 aliphatic rings. The van der Waals surface area contributed by atoms with Crippen molar-refractivity contribution in [2.45, 2.75) is 150 Å². The quantitative estimate of drug-likeness (QED) is 0.0299. The number of sulfonamides is 1. The van der Waals surface area contributed by atoms with E-state index in [2.05, 4.69) is 40.9 Å². The Morgan fingerprint density at radius 3 is 2.37 bits per heavy atom. The van der Waals surface area contributed by atoms with Crippen molar-refractivity contribution < 1.29 is 46.5 Å². The summed E-state index contributed by atoms with van der Waals surface area (Å²) in [5.74, 6) is -0.967. The van der Waals surface area contributed by atoms with E-state index in [1.807, 2.05) is 26.2 Å². The number of amides is 3. The number of likely N-dealkylation sites (N-methyl/N-ethyl adjacent to an activating group) is 1. The van der Waals surface area contributed by atoms with Gasteiger partial charge in [0.05, 0.1) is 47.6 Å². The Hall–Kier alpha value is -5.03. The Morgan fingerprint density at radius 2 is 1.64 bits per heavy atom. The summed E-state index contributed by atoms with van der Waals surface area (Å²) in [5.41, 5.74) is 1.97. The van der Waals surface area contributed by atoms with Gasteiger partial charge in [0.15, 0.2) is 5.13 Å². The number of thiazole rings is 1. The highest BCUT2D eigenvalue weighted by Gasteiger charge is 2.43. The molecular formula is C54H76FN9O9S2. The molecule has 3 amide bonds. The van der Waals surface area contributed by atoms with Crippen LogP contribution in [0.3, 0.4) is 0 Å². The van der Waals surface area contributed by atoms with Gasteiger partial charge in [0.25, 0.3) is 10.0 Å². The Kier molecular flexibility index (Phi) is 20.1. The molecule has 410 valence electrons. The molecule has 0 radical (unpaired) electrons. The summed E-state index contributed by atoms with van der Waals surface area (Å²) < 4.78 is 63.2. The number of anilines is 2. The zero-order valence-electron chi connectivity index (χ0n) is 43.5. The number of rotatable bonds is 25. The molecule has 4 fully saturated rings. The maximum atomic E-state index is 15.3. The van der Waals surface area contributed by atoms with Gasteiger partial charge in [0.1, 0.15) is 22.7 Å². The first-order valence-electron chi connectivity index (χ1n) is 26.9. The summed E-state index contributed by atoms with van der Waals surface area (Å²) in [6, 6.07) is 13.4. The molecule has 3 aliphatic carbocycles. The number of halogens is 1. The summed E-state index contributed by atoms with van der Waals surface area (Å²) in [4.78, 5) is 50.4. The molecule has 0 spiro atoms. The topological polar surface area (TPSA) is 226 Å². The van der Waals surface area contributed by atoms with Crippen molar-refractivity contribution >= 4 is 60.1 Å². The number of benzene rings is 2. The van der Waals surface area contributed by atoms with Crippen LogP contribution in [-0.2, 0) is 33.9 Å². The normalized spacial score (nSPS) is 24.8. The number of aliphatic hydroxyl groups is 1. The standard InChI is InChI=1S/C54H76FN9O9S2/c1-63(2)46-11-5-4-10-44(46)59-38-17-24-48(43(55)31-38)75(69,70)62-54-61-45-23-22-41(32-47(45)74-54)72-29-8-26-57-52(67)35-13-15-37(16-14-35)60-49(65)12-7-28-71-39-18-20-40(21-19-39)73-30-27-58-53(68)42-33-50(66)64(3)51(42)36-9-6-25-56-34-36/h6,9,17,22-25,31-32,34-35,37,39-40,42,44,46,49,51,59-60,65H,4-5,7-8,10-16,18-21,26-30,33H2,1-3H3,(H,57,67)(H,58,68)(H,61,62)/t35?,37?,39?,40?,42-,44+,46+,49?,51+/m0/s1. The number of pyridine rings is 1. The third-order valence-electron chi connectivity index (χ3n) is 15.3. The average Bonchev–Trinajstić information content (AvgIpc) is 3.94. The van der Waals surface area contributed by atoms with Crippen LogP contribution in [0.4, 0.5) is 15.2 Å². The van der Waals surface area contributed by atoms with Crippen LogP contribution in [0.5, 0.6) is 5.75 Å². The highest BCUT2D eigenvalue weighted by molar-refractivity contribution is 7.93. The predicted octanol–water partition coefficient (Wildman–Crippen LogP) is 6.73. The number of likely N-dealkylation sites (tertiary alicyclic amines) is 1. The number of hydrogen-bond acceptors (Lipinski definition) is 15. The summed E-state index contributed by atoms with van der Waals surface area (Å²) in [6.07, 6.45) is 16.0. The van der Waals surface area contributed by atoms with Crippen LogP contribution in [0.1, 0.15) is 114 Å². The van der Waals surface area contributed by atoms with E-state index in [1.54, 1.807) is 48.6 Å². The smallest absolute Gasteiger partial charge is 0.266 e. The van der Waals surface area contributed by atoms with Crippen LogP contribution in [-0.4, -0.2) is 142 Å². The molecule has 8 rings (SSSR count). The van der Waals surface area contributed by atoms with E-state index in [9.17, 15) is 27.9 Å². The van der Waals surface area contributed by atoms with E-state index < -0.39 is 32.9 Å². The Labute approximate surface area is 444 Å². The third-order valence-corrected chi connectivity index (χ3v) is 17.7. The molecule has 5 atom stereocenters. The summed E-state index contributed by atoms with van der Waals surface area (Å²) >= 11 is 1.13. The molecule has 4 aromatic rings. The number of nitrogens with zero attached hydrogens (tertiary/aromatic N) is 4. The Morgan fingerprint density at radius 1 is 0.893 bits per heavy atom. The first-order chi connectivity index (χ1) is 36.2. The van der Waals surface area contributed by atoms with Gasteiger partial charge in [-0.3, -0.25) is 29.4 Å². The molecule has 2 aromatic heterocycles. The first kappa shape index (κ1) is 56.2. The van der Waals surface area contributed by atoms with Gasteiger partial charge >= 0.3 is 0 Å². The molecular weight excluding hydrogens is 1000 g/mol. The number of carbonyl (C=O) groups is 3. The largest absolute Gasteiger partial charge is 0.493 e. The van der Waals surface area contributed by atoms with Crippen LogP contribution in [0.2, 0.25) is 0 Å². The zero-order chi connectivity index (χ0) is 52.9. The highest BCUT2D eigenvalue weighted by atomic mass is 32.2. The summed E-state index contributed by atoms with van der Waals surface area (Å²) in [7, 11) is 1.56. The van der Waals surface area contributed by atoms with E-state index in [4.69, 9.17) is 14.2 Å². The van der Waals surface area contributed by atoms with Gasteiger partial charge in [-0.2, -0.15) is 0 Å². The first-order valence-corrected chi connectivity index (χ1v) is 29.2. The van der Waals surface area contributed by atoms with Crippen molar-refractivity contribution in [3.05, 3.63) is 72.3 Å². The minimum Gasteiger partial charge on any atom is -0.493 e. The van der Waals surface area contributed by atoms with Gasteiger partial charge in [-0.1, -0.05) is 30.2 Å². The number of carbonyl (C=O) groups excluding carboxylic acids is 3. The number of nitrogens with one attached hydrogen (secondary N) is 5. The fourth-order valence-corrected chi connectivity index (χ4v) is 13.3. The van der Waals surface area contributed by atoms with Crippen molar-refractivity contribution in [3.63, 3.8) is 0 Å². The molecule has 6 N–H and O–H groups in total. The second kappa shape index (κ2) is 26.8. The Balaban J connectivity index is 0.643. The number of fused-ring (bicyclic) bond motifs is 1. The number of hydrogen-bond donors (Lipinski definition) is 6. The van der Waals surface area contributed by atoms with Crippen LogP contribution >= 0.6 is 11.3 Å². The molecule has 18 nitrogen and oxygen atoms in total. The lowest BCUT2D eigenvalue weighted by molar-refractivity contribution is -0.128. The second-order valence-corrected chi connectivity index (χ2v) is 23.5. The monoisotopic (exact) mass is 1080 g/mol. The van der Waals surface area contributed by atoms with Crippen LogP contribution < -0.4 is 30.7 Å². The minimum absolute atomic E-state index is 0.0321. The third kappa shape index (κ3) is 15.6. The second-order valence-electron chi connectivity index (χ2n) is 20.8. The van der Waals surface area contributed by atoms with E-state index in [-0.39, 0.29) is 65.5 Å². The predicted molar refractivity (Wildman–Crippen MR) is 286 cm³/mol. The maximum Gasteiger partial charge on any atom is 0.266 e. The van der Waals surface area contributed by atoms with Crippen LogP contribution in [0.15, 0.2) is 65.8 Å².